The van der Waals surface area contributed by atoms with Crippen LogP contribution in [0.3, 0.4) is 0 Å². The second-order valence-corrected chi connectivity index (χ2v) is 7.83. The number of amides is 1. The van der Waals surface area contributed by atoms with Gasteiger partial charge in [-0.1, -0.05) is 25.4 Å². The van der Waals surface area contributed by atoms with Crippen LogP contribution in [-0.2, 0) is 17.4 Å². The van der Waals surface area contributed by atoms with Crippen LogP contribution in [0.5, 0.6) is 0 Å². The van der Waals surface area contributed by atoms with Gasteiger partial charge in [-0.3, -0.25) is 4.79 Å². The fourth-order valence-electron chi connectivity index (χ4n) is 2.43. The molecule has 1 aromatic carbocycles. The minimum Gasteiger partial charge on any atom is -0.372 e. The molecule has 2 N–H and O–H groups in total. The van der Waals surface area contributed by atoms with Crippen LogP contribution in [0.1, 0.15) is 30.1 Å². The van der Waals surface area contributed by atoms with Gasteiger partial charge >= 0.3 is 6.18 Å². The zero-order valence-electron chi connectivity index (χ0n) is 15.2. The van der Waals surface area contributed by atoms with Crippen LogP contribution in [0.2, 0.25) is 5.02 Å². The maximum atomic E-state index is 12.8. The SMILES string of the molecule is Cc1csc(CCNC(=O)C(Nc2ccc(C(F)(F)F)cc2Cl)C(C)C)n1. The highest BCUT2D eigenvalue weighted by Gasteiger charge is 2.31. The minimum absolute atomic E-state index is 0.0819. The lowest BCUT2D eigenvalue weighted by Gasteiger charge is -2.23. The zero-order valence-corrected chi connectivity index (χ0v) is 16.7. The van der Waals surface area contributed by atoms with Gasteiger partial charge in [0.1, 0.15) is 6.04 Å². The first kappa shape index (κ1) is 21.5. The predicted molar refractivity (Wildman–Crippen MR) is 102 cm³/mol. The van der Waals surface area contributed by atoms with Crippen molar-refractivity contribution in [2.24, 2.45) is 5.92 Å². The molecule has 1 amide bonds. The number of rotatable bonds is 7. The van der Waals surface area contributed by atoms with E-state index in [0.29, 0.717) is 13.0 Å². The Labute approximate surface area is 165 Å². The Balaban J connectivity index is 2.01. The predicted octanol–water partition coefficient (Wildman–Crippen LogP) is 4.92. The molecule has 0 radical (unpaired) electrons. The number of carbonyl (C=O) groups excluding carboxylic acids is 1. The van der Waals surface area contributed by atoms with E-state index < -0.39 is 17.8 Å². The smallest absolute Gasteiger partial charge is 0.372 e. The maximum Gasteiger partial charge on any atom is 0.416 e. The molecule has 0 saturated heterocycles. The van der Waals surface area contributed by atoms with Crippen molar-refractivity contribution < 1.29 is 18.0 Å². The summed E-state index contributed by atoms with van der Waals surface area (Å²) in [5, 5.41) is 8.60. The first-order chi connectivity index (χ1) is 12.6. The van der Waals surface area contributed by atoms with Crippen molar-refractivity contribution in [2.75, 3.05) is 11.9 Å². The summed E-state index contributed by atoms with van der Waals surface area (Å²) in [4.78, 5) is 16.8. The summed E-state index contributed by atoms with van der Waals surface area (Å²) in [7, 11) is 0. The molecular weight excluding hydrogens is 399 g/mol. The number of benzene rings is 1. The number of hydrogen-bond acceptors (Lipinski definition) is 4. The van der Waals surface area contributed by atoms with E-state index in [-0.39, 0.29) is 22.5 Å². The third-order valence-electron chi connectivity index (χ3n) is 3.86. The summed E-state index contributed by atoms with van der Waals surface area (Å²) >= 11 is 7.51. The summed E-state index contributed by atoms with van der Waals surface area (Å²) in [6, 6.07) is 2.40. The number of alkyl halides is 3. The average molecular weight is 420 g/mol. The lowest BCUT2D eigenvalue weighted by atomic mass is 10.0. The Morgan fingerprint density at radius 3 is 2.56 bits per heavy atom. The van der Waals surface area contributed by atoms with E-state index in [1.807, 2.05) is 26.2 Å². The van der Waals surface area contributed by atoms with Gasteiger partial charge in [-0.15, -0.1) is 11.3 Å². The quantitative estimate of drug-likeness (QED) is 0.669. The van der Waals surface area contributed by atoms with Gasteiger partial charge in [-0.25, -0.2) is 4.98 Å². The van der Waals surface area contributed by atoms with Crippen molar-refractivity contribution in [1.29, 1.82) is 0 Å². The summed E-state index contributed by atoms with van der Waals surface area (Å²) in [6.07, 6.45) is -3.85. The normalized spacial score (nSPS) is 12.9. The van der Waals surface area contributed by atoms with Gasteiger partial charge in [0, 0.05) is 24.0 Å². The van der Waals surface area contributed by atoms with Crippen LogP contribution < -0.4 is 10.6 Å². The molecule has 2 rings (SSSR count). The summed E-state index contributed by atoms with van der Waals surface area (Å²) in [6.45, 7) is 6.03. The molecule has 9 heteroatoms. The molecule has 1 unspecified atom stereocenters. The maximum absolute atomic E-state index is 12.8. The topological polar surface area (TPSA) is 54.0 Å². The standard InChI is InChI=1S/C18H21ClF3N3OS/c1-10(2)16(17(26)23-7-6-15-24-11(3)9-27-15)25-14-5-4-12(8-13(14)19)18(20,21)22/h4-5,8-10,16,25H,6-7H2,1-3H3,(H,23,26). The van der Waals surface area contributed by atoms with Crippen molar-refractivity contribution in [1.82, 2.24) is 10.3 Å². The molecular formula is C18H21ClF3N3OS. The number of halogens is 4. The Bertz CT molecular complexity index is 792. The third kappa shape index (κ3) is 6.10. The number of carbonyl (C=O) groups is 1. The number of hydrogen-bond donors (Lipinski definition) is 2. The van der Waals surface area contributed by atoms with Crippen LogP contribution in [0.15, 0.2) is 23.6 Å². The van der Waals surface area contributed by atoms with Crippen LogP contribution in [-0.4, -0.2) is 23.5 Å². The van der Waals surface area contributed by atoms with Crippen molar-refractivity contribution in [2.45, 2.75) is 39.4 Å². The molecule has 1 heterocycles. The monoisotopic (exact) mass is 419 g/mol. The number of thiazole rings is 1. The Kier molecular flexibility index (Phi) is 7.11. The van der Waals surface area contributed by atoms with Gasteiger partial charge in [0.05, 0.1) is 21.3 Å². The van der Waals surface area contributed by atoms with Gasteiger partial charge in [-0.05, 0) is 31.0 Å². The van der Waals surface area contributed by atoms with Crippen LogP contribution in [0.4, 0.5) is 18.9 Å². The first-order valence-corrected chi connectivity index (χ1v) is 9.65. The molecule has 0 fully saturated rings. The number of aryl methyl sites for hydroxylation is 1. The number of anilines is 1. The zero-order chi connectivity index (χ0) is 20.2. The molecule has 4 nitrogen and oxygen atoms in total. The molecule has 1 aromatic heterocycles. The molecule has 0 saturated carbocycles. The Morgan fingerprint density at radius 2 is 2.04 bits per heavy atom. The molecule has 148 valence electrons. The summed E-state index contributed by atoms with van der Waals surface area (Å²) in [5.41, 5.74) is 0.399. The van der Waals surface area contributed by atoms with E-state index in [2.05, 4.69) is 15.6 Å². The molecule has 0 aliphatic heterocycles. The van der Waals surface area contributed by atoms with Crippen molar-refractivity contribution in [3.63, 3.8) is 0 Å². The van der Waals surface area contributed by atoms with Gasteiger partial charge in [-0.2, -0.15) is 13.2 Å². The summed E-state index contributed by atoms with van der Waals surface area (Å²) in [5.74, 6) is -0.334. The minimum atomic E-state index is -4.47. The number of aromatic nitrogens is 1. The Hall–Kier alpha value is -1.80. The van der Waals surface area contributed by atoms with E-state index in [1.165, 1.54) is 17.4 Å². The van der Waals surface area contributed by atoms with Crippen molar-refractivity contribution >= 4 is 34.5 Å². The highest BCUT2D eigenvalue weighted by molar-refractivity contribution is 7.09. The van der Waals surface area contributed by atoms with Crippen molar-refractivity contribution in [3.05, 3.63) is 44.9 Å². The van der Waals surface area contributed by atoms with Gasteiger partial charge in [0.2, 0.25) is 5.91 Å². The van der Waals surface area contributed by atoms with E-state index in [4.69, 9.17) is 11.6 Å². The fourth-order valence-corrected chi connectivity index (χ4v) is 3.44. The highest BCUT2D eigenvalue weighted by Crippen LogP contribution is 2.34. The van der Waals surface area contributed by atoms with Crippen molar-refractivity contribution in [3.8, 4) is 0 Å². The van der Waals surface area contributed by atoms with Gasteiger partial charge in [0.15, 0.2) is 0 Å². The summed E-state index contributed by atoms with van der Waals surface area (Å²) < 4.78 is 38.3. The molecule has 0 aliphatic carbocycles. The number of nitrogens with zero attached hydrogens (tertiary/aromatic N) is 1. The van der Waals surface area contributed by atoms with Gasteiger partial charge in [0.25, 0.3) is 0 Å². The van der Waals surface area contributed by atoms with Crippen LogP contribution >= 0.6 is 22.9 Å². The highest BCUT2D eigenvalue weighted by atomic mass is 35.5. The van der Waals surface area contributed by atoms with Crippen LogP contribution in [0, 0.1) is 12.8 Å². The van der Waals surface area contributed by atoms with E-state index in [1.54, 1.807) is 0 Å². The van der Waals surface area contributed by atoms with Gasteiger partial charge < -0.3 is 10.6 Å². The van der Waals surface area contributed by atoms with E-state index >= 15 is 0 Å². The second kappa shape index (κ2) is 8.93. The van der Waals surface area contributed by atoms with E-state index in [9.17, 15) is 18.0 Å². The Morgan fingerprint density at radius 1 is 1.33 bits per heavy atom. The van der Waals surface area contributed by atoms with Crippen LogP contribution in [0.25, 0.3) is 0 Å². The number of nitrogens with one attached hydrogen (secondary N) is 2. The fraction of sp³-hybridized carbons (Fsp3) is 0.444. The molecule has 0 spiro atoms. The third-order valence-corrected chi connectivity index (χ3v) is 5.20. The largest absolute Gasteiger partial charge is 0.416 e. The average Bonchev–Trinajstić information content (AvgIpc) is 2.97. The second-order valence-electron chi connectivity index (χ2n) is 6.48. The lowest BCUT2D eigenvalue weighted by Crippen LogP contribution is -2.43. The molecule has 0 aliphatic rings. The lowest BCUT2D eigenvalue weighted by molar-refractivity contribution is -0.137. The van der Waals surface area contributed by atoms with E-state index in [0.717, 1.165) is 22.8 Å². The first-order valence-electron chi connectivity index (χ1n) is 8.40. The molecule has 0 bridgehead atoms. The molecule has 1 atom stereocenters. The molecule has 2 aromatic rings. The molecule has 27 heavy (non-hydrogen) atoms.